The van der Waals surface area contributed by atoms with Crippen LogP contribution in [0.4, 0.5) is 14.9 Å². The Morgan fingerprint density at radius 2 is 2.07 bits per heavy atom. The van der Waals surface area contributed by atoms with E-state index in [-0.39, 0.29) is 5.02 Å². The summed E-state index contributed by atoms with van der Waals surface area (Å²) < 4.78 is 13.5. The summed E-state index contributed by atoms with van der Waals surface area (Å²) in [5.74, 6) is -0.982. The summed E-state index contributed by atoms with van der Waals surface area (Å²) in [7, 11) is 0. The molecule has 3 amide bonds. The minimum atomic E-state index is -0.774. The molecule has 0 fully saturated rings. The van der Waals surface area contributed by atoms with Gasteiger partial charge in [0, 0.05) is 16.8 Å². The van der Waals surface area contributed by atoms with Gasteiger partial charge in [-0.15, -0.1) is 0 Å². The fourth-order valence-corrected chi connectivity index (χ4v) is 3.34. The largest absolute Gasteiger partial charge is 0.327 e. The zero-order valence-corrected chi connectivity index (χ0v) is 15.4. The average molecular weight is 400 g/mol. The number of anilines is 1. The molecule has 4 rings (SSSR count). The third-order valence-electron chi connectivity index (χ3n) is 4.49. The number of benzene rings is 2. The Morgan fingerprint density at radius 3 is 2.86 bits per heavy atom. The minimum Gasteiger partial charge on any atom is -0.327 e. The van der Waals surface area contributed by atoms with E-state index in [1.807, 2.05) is 0 Å². The Morgan fingerprint density at radius 1 is 1.25 bits per heavy atom. The first kappa shape index (κ1) is 18.0. The first-order valence-electron chi connectivity index (χ1n) is 8.40. The van der Waals surface area contributed by atoms with Crippen LogP contribution in [0.15, 0.2) is 53.9 Å². The van der Waals surface area contributed by atoms with Gasteiger partial charge in [0.25, 0.3) is 5.91 Å². The number of hydrogen-bond acceptors (Lipinski definition) is 3. The highest BCUT2D eigenvalue weighted by molar-refractivity contribution is 6.30. The van der Waals surface area contributed by atoms with E-state index in [0.29, 0.717) is 22.5 Å². The molecule has 1 atom stereocenters. The number of halogens is 2. The fraction of sp³-hybridized carbons (Fsp3) is 0.105. The molecule has 1 aliphatic rings. The van der Waals surface area contributed by atoms with Crippen LogP contribution < -0.4 is 16.0 Å². The van der Waals surface area contributed by atoms with Crippen molar-refractivity contribution in [3.05, 3.63) is 70.3 Å². The van der Waals surface area contributed by atoms with Crippen molar-refractivity contribution in [3.8, 4) is 0 Å². The Kier molecular flexibility index (Phi) is 4.48. The van der Waals surface area contributed by atoms with Crippen molar-refractivity contribution in [2.75, 3.05) is 5.32 Å². The van der Waals surface area contributed by atoms with Gasteiger partial charge in [-0.3, -0.25) is 9.89 Å². The van der Waals surface area contributed by atoms with Crippen molar-refractivity contribution < 1.29 is 14.0 Å². The molecule has 0 saturated carbocycles. The highest BCUT2D eigenvalue weighted by atomic mass is 35.5. The number of nitrogens with one attached hydrogen (secondary N) is 4. The molecule has 9 heteroatoms. The van der Waals surface area contributed by atoms with E-state index in [1.54, 1.807) is 31.3 Å². The number of nitrogens with zero attached hydrogens (tertiary/aromatic N) is 1. The number of carbonyl (C=O) groups excluding carboxylic acids is 2. The number of hydrogen-bond donors (Lipinski definition) is 4. The van der Waals surface area contributed by atoms with Gasteiger partial charge in [0.15, 0.2) is 0 Å². The molecule has 28 heavy (non-hydrogen) atoms. The summed E-state index contributed by atoms with van der Waals surface area (Å²) in [5.41, 5.74) is 2.62. The van der Waals surface area contributed by atoms with Crippen LogP contribution >= 0.6 is 11.6 Å². The molecule has 0 aliphatic carbocycles. The lowest BCUT2D eigenvalue weighted by Crippen LogP contribution is -2.46. The number of aromatic amines is 1. The summed E-state index contributed by atoms with van der Waals surface area (Å²) in [6.07, 6.45) is 1.65. The monoisotopic (exact) mass is 399 g/mol. The van der Waals surface area contributed by atoms with E-state index in [1.165, 1.54) is 18.2 Å². The molecule has 4 N–H and O–H groups in total. The molecule has 2 aromatic carbocycles. The zero-order valence-electron chi connectivity index (χ0n) is 14.6. The van der Waals surface area contributed by atoms with Gasteiger partial charge in [0.05, 0.1) is 28.4 Å². The highest BCUT2D eigenvalue weighted by Crippen LogP contribution is 2.30. The molecule has 142 valence electrons. The van der Waals surface area contributed by atoms with Gasteiger partial charge in [-0.2, -0.15) is 5.10 Å². The van der Waals surface area contributed by atoms with Crippen molar-refractivity contribution in [1.82, 2.24) is 20.8 Å². The maximum Gasteiger partial charge on any atom is 0.319 e. The normalized spacial score (nSPS) is 16.7. The smallest absolute Gasteiger partial charge is 0.319 e. The molecular formula is C19H15ClFN5O2. The SMILES string of the molecule is CC1=C(C(=O)Nc2ccc3[nH]ncc3c2)C(c2ccc(F)c(Cl)c2)NC(=O)N1. The molecule has 0 radical (unpaired) electrons. The Labute approximate surface area is 164 Å². The maximum absolute atomic E-state index is 13.5. The van der Waals surface area contributed by atoms with Crippen LogP contribution in [0.25, 0.3) is 10.9 Å². The Bertz CT molecular complexity index is 1140. The number of H-pyrrole nitrogens is 1. The number of urea groups is 1. The van der Waals surface area contributed by atoms with Crippen LogP contribution in [-0.4, -0.2) is 22.1 Å². The zero-order chi connectivity index (χ0) is 19.8. The van der Waals surface area contributed by atoms with Gasteiger partial charge >= 0.3 is 6.03 Å². The summed E-state index contributed by atoms with van der Waals surface area (Å²) >= 11 is 5.88. The Hall–Kier alpha value is -3.39. The van der Waals surface area contributed by atoms with Crippen molar-refractivity contribution in [1.29, 1.82) is 0 Å². The van der Waals surface area contributed by atoms with Gasteiger partial charge < -0.3 is 16.0 Å². The van der Waals surface area contributed by atoms with Gasteiger partial charge in [0.2, 0.25) is 0 Å². The number of rotatable bonds is 3. The second kappa shape index (κ2) is 6.97. The first-order valence-corrected chi connectivity index (χ1v) is 8.78. The van der Waals surface area contributed by atoms with Crippen molar-refractivity contribution in [2.24, 2.45) is 0 Å². The summed E-state index contributed by atoms with van der Waals surface area (Å²) in [4.78, 5) is 25.0. The molecule has 2 heterocycles. The van der Waals surface area contributed by atoms with E-state index in [0.717, 1.165) is 10.9 Å². The lowest BCUT2D eigenvalue weighted by molar-refractivity contribution is -0.113. The first-order chi connectivity index (χ1) is 13.4. The van der Waals surface area contributed by atoms with Crippen LogP contribution in [0.2, 0.25) is 5.02 Å². The number of amides is 3. The van der Waals surface area contributed by atoms with Crippen LogP contribution in [-0.2, 0) is 4.79 Å². The standard InChI is InChI=1S/C19H15ClFN5O2/c1-9-16(18(27)24-12-3-5-15-11(6-12)8-22-26-15)17(25-19(28)23-9)10-2-4-14(21)13(20)7-10/h2-8,17H,1H3,(H,22,26)(H,24,27)(H2,23,25,28). The molecule has 1 unspecified atom stereocenters. The summed E-state index contributed by atoms with van der Waals surface area (Å²) in [6.45, 7) is 1.63. The Balaban J connectivity index is 1.68. The fourth-order valence-electron chi connectivity index (χ4n) is 3.16. The maximum atomic E-state index is 13.5. The predicted molar refractivity (Wildman–Crippen MR) is 103 cm³/mol. The van der Waals surface area contributed by atoms with Gasteiger partial charge in [0.1, 0.15) is 5.82 Å². The van der Waals surface area contributed by atoms with Gasteiger partial charge in [-0.1, -0.05) is 17.7 Å². The van der Waals surface area contributed by atoms with E-state index < -0.39 is 23.8 Å². The lowest BCUT2D eigenvalue weighted by Gasteiger charge is -2.28. The number of allylic oxidation sites excluding steroid dienone is 1. The molecule has 7 nitrogen and oxygen atoms in total. The van der Waals surface area contributed by atoms with Crippen LogP contribution in [0, 0.1) is 5.82 Å². The number of carbonyl (C=O) groups is 2. The van der Waals surface area contributed by atoms with Crippen molar-refractivity contribution in [3.63, 3.8) is 0 Å². The van der Waals surface area contributed by atoms with Gasteiger partial charge in [-0.25, -0.2) is 9.18 Å². The molecule has 0 bridgehead atoms. The topological polar surface area (TPSA) is 98.9 Å². The van der Waals surface area contributed by atoms with E-state index >= 15 is 0 Å². The summed E-state index contributed by atoms with van der Waals surface area (Å²) in [5, 5.41) is 15.7. The molecule has 3 aromatic rings. The summed E-state index contributed by atoms with van der Waals surface area (Å²) in [6, 6.07) is 8.17. The third kappa shape index (κ3) is 3.29. The van der Waals surface area contributed by atoms with Crippen molar-refractivity contribution >= 4 is 40.1 Å². The van der Waals surface area contributed by atoms with E-state index in [9.17, 15) is 14.0 Å². The second-order valence-corrected chi connectivity index (χ2v) is 6.78. The van der Waals surface area contributed by atoms with E-state index in [2.05, 4.69) is 26.1 Å². The third-order valence-corrected chi connectivity index (χ3v) is 4.78. The minimum absolute atomic E-state index is 0.0897. The molecular weight excluding hydrogens is 385 g/mol. The highest BCUT2D eigenvalue weighted by Gasteiger charge is 2.31. The van der Waals surface area contributed by atoms with E-state index in [4.69, 9.17) is 11.6 Å². The quantitative estimate of drug-likeness (QED) is 0.541. The predicted octanol–water partition coefficient (Wildman–Crippen LogP) is 3.62. The molecule has 0 saturated heterocycles. The average Bonchev–Trinajstić information content (AvgIpc) is 3.11. The number of fused-ring (bicyclic) bond motifs is 1. The molecule has 1 aliphatic heterocycles. The van der Waals surface area contributed by atoms with Crippen molar-refractivity contribution in [2.45, 2.75) is 13.0 Å². The second-order valence-electron chi connectivity index (χ2n) is 6.37. The van der Waals surface area contributed by atoms with Crippen LogP contribution in [0.5, 0.6) is 0 Å². The molecule has 1 aromatic heterocycles. The lowest BCUT2D eigenvalue weighted by atomic mass is 9.94. The van der Waals surface area contributed by atoms with Gasteiger partial charge in [-0.05, 0) is 42.8 Å². The molecule has 0 spiro atoms. The van der Waals surface area contributed by atoms with Crippen LogP contribution in [0.1, 0.15) is 18.5 Å². The van der Waals surface area contributed by atoms with Crippen LogP contribution in [0.3, 0.4) is 0 Å². The number of aromatic nitrogens is 2.